The predicted octanol–water partition coefficient (Wildman–Crippen LogP) is 4.56. The second-order valence-electron chi connectivity index (χ2n) is 6.97. The van der Waals surface area contributed by atoms with Gasteiger partial charge in [-0.25, -0.2) is 0 Å². The summed E-state index contributed by atoms with van der Waals surface area (Å²) in [4.78, 5) is 13.8. The summed E-state index contributed by atoms with van der Waals surface area (Å²) in [6, 6.07) is 23.6. The van der Waals surface area contributed by atoms with Crippen LogP contribution in [-0.4, -0.2) is 33.3 Å². The number of methoxy groups -OCH3 is 1. The molecule has 0 N–H and O–H groups in total. The van der Waals surface area contributed by atoms with Gasteiger partial charge in [0.1, 0.15) is 5.75 Å². The predicted molar refractivity (Wildman–Crippen MR) is 121 cm³/mol. The van der Waals surface area contributed by atoms with Crippen LogP contribution in [0.2, 0.25) is 0 Å². The zero-order valence-electron chi connectivity index (χ0n) is 16.9. The van der Waals surface area contributed by atoms with E-state index in [1.165, 1.54) is 0 Å². The highest BCUT2D eigenvalue weighted by atomic mass is 32.2. The first-order valence-electron chi connectivity index (χ1n) is 9.43. The van der Waals surface area contributed by atoms with E-state index >= 15 is 0 Å². The second kappa shape index (κ2) is 8.20. The molecule has 0 saturated carbocycles. The van der Waals surface area contributed by atoms with Crippen LogP contribution in [-0.2, 0) is 14.4 Å². The Hall–Kier alpha value is -3.71. The van der Waals surface area contributed by atoms with Crippen molar-refractivity contribution in [3.63, 3.8) is 0 Å². The Labute approximate surface area is 179 Å². The molecule has 4 aromatic rings. The fourth-order valence-electron chi connectivity index (χ4n) is 3.47. The molecule has 4 rings (SSSR count). The van der Waals surface area contributed by atoms with Crippen molar-refractivity contribution in [3.8, 4) is 5.75 Å². The topological polar surface area (TPSA) is 82.0 Å². The third kappa shape index (κ3) is 4.27. The van der Waals surface area contributed by atoms with Crippen LogP contribution in [0.25, 0.3) is 21.5 Å². The highest BCUT2D eigenvalue weighted by Crippen LogP contribution is 2.32. The lowest BCUT2D eigenvalue weighted by Crippen LogP contribution is -2.18. The van der Waals surface area contributed by atoms with Gasteiger partial charge < -0.3 is 4.74 Å². The lowest BCUT2D eigenvalue weighted by Gasteiger charge is -2.13. The second-order valence-corrected chi connectivity index (χ2v) is 8.53. The molecular formula is C24H19NO5S. The number of nitrogens with zero attached hydrogens (tertiary/aromatic N) is 1. The zero-order valence-corrected chi connectivity index (χ0v) is 17.7. The van der Waals surface area contributed by atoms with Crippen molar-refractivity contribution < 1.29 is 22.2 Å². The quantitative estimate of drug-likeness (QED) is 0.193. The SMILES string of the molecule is COc1ccc2c(C(=O)/C(=N/OS(C)(=O)=O)c3ccccc3)c3ccccc3cc2c1. The van der Waals surface area contributed by atoms with Crippen molar-refractivity contribution in [2.24, 2.45) is 5.16 Å². The molecule has 0 atom stereocenters. The molecule has 0 bridgehead atoms. The molecule has 0 unspecified atom stereocenters. The highest BCUT2D eigenvalue weighted by molar-refractivity contribution is 7.85. The molecule has 0 aromatic heterocycles. The van der Waals surface area contributed by atoms with Gasteiger partial charge in [0.05, 0.1) is 13.4 Å². The van der Waals surface area contributed by atoms with E-state index in [2.05, 4.69) is 9.44 Å². The maximum Gasteiger partial charge on any atom is 0.325 e. The molecule has 0 radical (unpaired) electrons. The van der Waals surface area contributed by atoms with Gasteiger partial charge in [-0.1, -0.05) is 59.8 Å². The summed E-state index contributed by atoms with van der Waals surface area (Å²) < 4.78 is 33.1. The summed E-state index contributed by atoms with van der Waals surface area (Å²) in [5.74, 6) is 0.223. The van der Waals surface area contributed by atoms with E-state index in [0.29, 0.717) is 22.3 Å². The number of ketones is 1. The van der Waals surface area contributed by atoms with Crippen LogP contribution in [0.5, 0.6) is 5.75 Å². The average Bonchev–Trinajstić information content (AvgIpc) is 2.77. The molecule has 0 amide bonds. The third-order valence-electron chi connectivity index (χ3n) is 4.82. The molecule has 0 aliphatic rings. The molecule has 0 aliphatic heterocycles. The Balaban J connectivity index is 2.01. The van der Waals surface area contributed by atoms with Crippen LogP contribution in [0.15, 0.2) is 84.0 Å². The Morgan fingerprint density at radius 3 is 2.23 bits per heavy atom. The number of hydrogen-bond donors (Lipinski definition) is 0. The number of Topliss-reactive ketones (excluding diaryl/α,β-unsaturated/α-hetero) is 1. The monoisotopic (exact) mass is 433 g/mol. The van der Waals surface area contributed by atoms with Gasteiger partial charge >= 0.3 is 10.1 Å². The molecule has 0 saturated heterocycles. The normalized spacial score (nSPS) is 12.1. The van der Waals surface area contributed by atoms with E-state index in [1.54, 1.807) is 43.5 Å². The smallest absolute Gasteiger partial charge is 0.325 e. The van der Waals surface area contributed by atoms with Gasteiger partial charge in [-0.15, -0.1) is 0 Å². The van der Waals surface area contributed by atoms with E-state index < -0.39 is 15.9 Å². The number of fused-ring (bicyclic) bond motifs is 2. The minimum atomic E-state index is -3.89. The van der Waals surface area contributed by atoms with Crippen LogP contribution in [0.4, 0.5) is 0 Å². The van der Waals surface area contributed by atoms with E-state index in [0.717, 1.165) is 22.4 Å². The minimum absolute atomic E-state index is 0.0977. The summed E-state index contributed by atoms with van der Waals surface area (Å²) in [6.07, 6.45) is 0.878. The zero-order chi connectivity index (χ0) is 22.0. The van der Waals surface area contributed by atoms with Crippen molar-refractivity contribution >= 4 is 43.2 Å². The number of hydrogen-bond acceptors (Lipinski definition) is 6. The molecule has 6 nitrogen and oxygen atoms in total. The number of rotatable bonds is 6. The molecular weight excluding hydrogens is 414 g/mol. The largest absolute Gasteiger partial charge is 0.497 e. The van der Waals surface area contributed by atoms with E-state index in [1.807, 2.05) is 42.5 Å². The fourth-order valence-corrected chi connectivity index (χ4v) is 3.68. The first-order valence-corrected chi connectivity index (χ1v) is 11.3. The lowest BCUT2D eigenvalue weighted by molar-refractivity contribution is 0.106. The Morgan fingerprint density at radius 1 is 0.839 bits per heavy atom. The summed E-state index contributed by atoms with van der Waals surface area (Å²) >= 11 is 0. The molecule has 4 aromatic carbocycles. The van der Waals surface area contributed by atoms with Crippen LogP contribution in [0, 0.1) is 0 Å². The lowest BCUT2D eigenvalue weighted by atomic mass is 9.91. The maximum absolute atomic E-state index is 13.8. The summed E-state index contributed by atoms with van der Waals surface area (Å²) in [5, 5.41) is 6.86. The van der Waals surface area contributed by atoms with Gasteiger partial charge in [-0.05, 0) is 45.8 Å². The highest BCUT2D eigenvalue weighted by Gasteiger charge is 2.23. The summed E-state index contributed by atoms with van der Waals surface area (Å²) in [6.45, 7) is 0. The van der Waals surface area contributed by atoms with Crippen LogP contribution in [0.1, 0.15) is 15.9 Å². The van der Waals surface area contributed by atoms with Crippen molar-refractivity contribution in [3.05, 3.63) is 90.0 Å². The molecule has 0 heterocycles. The van der Waals surface area contributed by atoms with Crippen LogP contribution >= 0.6 is 0 Å². The number of ether oxygens (including phenoxy) is 1. The molecule has 31 heavy (non-hydrogen) atoms. The average molecular weight is 433 g/mol. The Kier molecular flexibility index (Phi) is 5.44. The van der Waals surface area contributed by atoms with Gasteiger partial charge in [0.25, 0.3) is 0 Å². The van der Waals surface area contributed by atoms with Gasteiger partial charge in [0.15, 0.2) is 5.71 Å². The molecule has 156 valence electrons. The first-order chi connectivity index (χ1) is 14.9. The van der Waals surface area contributed by atoms with Crippen molar-refractivity contribution in [1.29, 1.82) is 0 Å². The van der Waals surface area contributed by atoms with Crippen molar-refractivity contribution in [2.45, 2.75) is 0 Å². The van der Waals surface area contributed by atoms with Crippen LogP contribution in [0.3, 0.4) is 0 Å². The molecule has 7 heteroatoms. The Bertz CT molecular complexity index is 1430. The number of benzene rings is 4. The summed E-state index contributed by atoms with van der Waals surface area (Å²) in [5.41, 5.74) is 0.765. The van der Waals surface area contributed by atoms with E-state index in [9.17, 15) is 13.2 Å². The fraction of sp³-hybridized carbons (Fsp3) is 0.0833. The first kappa shape index (κ1) is 20.6. The van der Waals surface area contributed by atoms with E-state index in [4.69, 9.17) is 4.74 Å². The van der Waals surface area contributed by atoms with Gasteiger partial charge in [-0.3, -0.25) is 9.08 Å². The van der Waals surface area contributed by atoms with Crippen molar-refractivity contribution in [1.82, 2.24) is 0 Å². The van der Waals surface area contributed by atoms with Gasteiger partial charge in [0, 0.05) is 11.1 Å². The van der Waals surface area contributed by atoms with Gasteiger partial charge in [0.2, 0.25) is 5.78 Å². The molecule has 0 spiro atoms. The van der Waals surface area contributed by atoms with Crippen LogP contribution < -0.4 is 4.74 Å². The summed E-state index contributed by atoms with van der Waals surface area (Å²) in [7, 11) is -2.31. The molecule has 0 aliphatic carbocycles. The third-order valence-corrected chi connectivity index (χ3v) is 5.17. The van der Waals surface area contributed by atoms with Gasteiger partial charge in [-0.2, -0.15) is 8.42 Å². The maximum atomic E-state index is 13.8. The number of carbonyl (C=O) groups excluding carboxylic acids is 1. The van der Waals surface area contributed by atoms with Crippen molar-refractivity contribution in [2.75, 3.05) is 13.4 Å². The number of carbonyl (C=O) groups is 1. The Morgan fingerprint density at radius 2 is 1.52 bits per heavy atom. The van der Waals surface area contributed by atoms with E-state index in [-0.39, 0.29) is 5.71 Å². The number of oxime groups is 1. The molecule has 0 fully saturated rings. The standard InChI is InChI=1S/C24H19NO5S/c1-29-19-12-13-21-18(15-19)14-17-10-6-7-11-20(17)22(21)24(26)23(25-30-31(2,27)28)16-8-4-3-5-9-16/h3-15H,1-2H3/b25-23+. The minimum Gasteiger partial charge on any atom is -0.497 e.